The molecular formula is C12H23N5S. The summed E-state index contributed by atoms with van der Waals surface area (Å²) in [5.74, 6) is 0.793. The van der Waals surface area contributed by atoms with Crippen molar-refractivity contribution < 1.29 is 0 Å². The van der Waals surface area contributed by atoms with Crippen LogP contribution < -0.4 is 15.5 Å². The van der Waals surface area contributed by atoms with Crippen LogP contribution in [0.1, 0.15) is 26.5 Å². The first-order valence-electron chi connectivity index (χ1n) is 5.92. The number of nitrogens with one attached hydrogen (secondary N) is 2. The van der Waals surface area contributed by atoms with Crippen LogP contribution in [-0.2, 0) is 6.54 Å². The zero-order valence-corrected chi connectivity index (χ0v) is 12.9. The Bertz CT molecular complexity index is 403. The van der Waals surface area contributed by atoms with Crippen molar-refractivity contribution in [2.45, 2.75) is 32.9 Å². The maximum absolute atomic E-state index is 4.51. The Balaban J connectivity index is 2.53. The molecular weight excluding hydrogens is 246 g/mol. The van der Waals surface area contributed by atoms with Crippen molar-refractivity contribution in [2.24, 2.45) is 4.99 Å². The molecule has 1 heterocycles. The molecule has 0 fully saturated rings. The van der Waals surface area contributed by atoms with E-state index < -0.39 is 0 Å². The van der Waals surface area contributed by atoms with Gasteiger partial charge in [-0.15, -0.1) is 11.3 Å². The van der Waals surface area contributed by atoms with Gasteiger partial charge in [-0.05, 0) is 20.8 Å². The molecule has 0 saturated heterocycles. The predicted molar refractivity (Wildman–Crippen MR) is 79.5 cm³/mol. The average Bonchev–Trinajstić information content (AvgIpc) is 2.71. The smallest absolute Gasteiger partial charge is 0.191 e. The number of hydrogen-bond acceptors (Lipinski definition) is 4. The average molecular weight is 269 g/mol. The molecule has 0 aromatic carbocycles. The highest BCUT2D eigenvalue weighted by molar-refractivity contribution is 7.13. The van der Waals surface area contributed by atoms with Crippen molar-refractivity contribution in [1.82, 2.24) is 15.6 Å². The summed E-state index contributed by atoms with van der Waals surface area (Å²) in [4.78, 5) is 10.7. The molecule has 0 radical (unpaired) electrons. The first-order chi connectivity index (χ1) is 8.31. The van der Waals surface area contributed by atoms with Crippen molar-refractivity contribution >= 4 is 22.4 Å². The summed E-state index contributed by atoms with van der Waals surface area (Å²) in [6, 6.07) is 0. The van der Waals surface area contributed by atoms with Crippen LogP contribution in [0, 0.1) is 0 Å². The Hall–Kier alpha value is -1.30. The van der Waals surface area contributed by atoms with Crippen LogP contribution in [0.15, 0.2) is 10.4 Å². The molecule has 2 N–H and O–H groups in total. The van der Waals surface area contributed by atoms with E-state index in [-0.39, 0.29) is 5.54 Å². The normalized spacial score (nSPS) is 12.4. The van der Waals surface area contributed by atoms with Gasteiger partial charge in [0.25, 0.3) is 0 Å². The standard InChI is InChI=1S/C12H23N5S/c1-12(2,3)16-10(13-4)14-7-9-8-18-11(15-9)17(5)6/h8H,7H2,1-6H3,(H2,13,14,16). The Morgan fingerprint density at radius 3 is 2.56 bits per heavy atom. The molecule has 1 aromatic heterocycles. The fourth-order valence-electron chi connectivity index (χ4n) is 1.29. The highest BCUT2D eigenvalue weighted by atomic mass is 32.1. The summed E-state index contributed by atoms with van der Waals surface area (Å²) >= 11 is 1.64. The van der Waals surface area contributed by atoms with Crippen LogP contribution in [0.4, 0.5) is 5.13 Å². The molecule has 0 saturated carbocycles. The lowest BCUT2D eigenvalue weighted by Crippen LogP contribution is -2.47. The number of aliphatic imine (C=N–C) groups is 1. The van der Waals surface area contributed by atoms with Gasteiger partial charge in [0.1, 0.15) is 0 Å². The summed E-state index contributed by atoms with van der Waals surface area (Å²) in [6.07, 6.45) is 0. The first-order valence-corrected chi connectivity index (χ1v) is 6.80. The topological polar surface area (TPSA) is 52.6 Å². The van der Waals surface area contributed by atoms with Gasteiger partial charge in [0.2, 0.25) is 0 Å². The number of aromatic nitrogens is 1. The lowest BCUT2D eigenvalue weighted by atomic mass is 10.1. The molecule has 1 aromatic rings. The van der Waals surface area contributed by atoms with Crippen LogP contribution in [0.3, 0.4) is 0 Å². The Kier molecular flexibility index (Phi) is 4.95. The summed E-state index contributed by atoms with van der Waals surface area (Å²) in [6.45, 7) is 6.99. The fraction of sp³-hybridized carbons (Fsp3) is 0.667. The second-order valence-electron chi connectivity index (χ2n) is 5.32. The van der Waals surface area contributed by atoms with Gasteiger partial charge in [0, 0.05) is 32.1 Å². The van der Waals surface area contributed by atoms with E-state index in [1.165, 1.54) is 0 Å². The molecule has 0 aliphatic carbocycles. The molecule has 0 atom stereocenters. The lowest BCUT2D eigenvalue weighted by Gasteiger charge is -2.23. The Morgan fingerprint density at radius 2 is 2.11 bits per heavy atom. The van der Waals surface area contributed by atoms with Gasteiger partial charge in [-0.3, -0.25) is 4.99 Å². The molecule has 0 bridgehead atoms. The van der Waals surface area contributed by atoms with E-state index in [1.54, 1.807) is 18.4 Å². The minimum atomic E-state index is -0.00128. The molecule has 0 aliphatic rings. The van der Waals surface area contributed by atoms with E-state index in [9.17, 15) is 0 Å². The molecule has 0 aliphatic heterocycles. The van der Waals surface area contributed by atoms with Gasteiger partial charge in [0.15, 0.2) is 11.1 Å². The van der Waals surface area contributed by atoms with E-state index in [4.69, 9.17) is 0 Å². The van der Waals surface area contributed by atoms with Crippen molar-refractivity contribution in [1.29, 1.82) is 0 Å². The highest BCUT2D eigenvalue weighted by Gasteiger charge is 2.12. The minimum absolute atomic E-state index is 0.00128. The van der Waals surface area contributed by atoms with E-state index in [2.05, 4.69) is 46.8 Å². The third-order valence-corrected chi connectivity index (χ3v) is 3.13. The van der Waals surface area contributed by atoms with Crippen LogP contribution in [0.25, 0.3) is 0 Å². The van der Waals surface area contributed by atoms with Crippen molar-refractivity contribution in [2.75, 3.05) is 26.0 Å². The molecule has 5 nitrogen and oxygen atoms in total. The lowest BCUT2D eigenvalue weighted by molar-refractivity contribution is 0.501. The van der Waals surface area contributed by atoms with Crippen molar-refractivity contribution in [3.05, 3.63) is 11.1 Å². The third-order valence-electron chi connectivity index (χ3n) is 2.08. The van der Waals surface area contributed by atoms with Gasteiger partial charge in [-0.1, -0.05) is 0 Å². The monoisotopic (exact) mass is 269 g/mol. The number of hydrogen-bond donors (Lipinski definition) is 2. The van der Waals surface area contributed by atoms with Crippen LogP contribution in [0.5, 0.6) is 0 Å². The van der Waals surface area contributed by atoms with Gasteiger partial charge < -0.3 is 15.5 Å². The van der Waals surface area contributed by atoms with Gasteiger partial charge in [0.05, 0.1) is 12.2 Å². The van der Waals surface area contributed by atoms with E-state index in [0.29, 0.717) is 6.54 Å². The molecule has 18 heavy (non-hydrogen) atoms. The number of thiazole rings is 1. The quantitative estimate of drug-likeness (QED) is 0.647. The fourth-order valence-corrected chi connectivity index (χ4v) is 2.05. The Morgan fingerprint density at radius 1 is 1.44 bits per heavy atom. The molecule has 6 heteroatoms. The van der Waals surface area contributed by atoms with Gasteiger partial charge in [-0.2, -0.15) is 0 Å². The van der Waals surface area contributed by atoms with Gasteiger partial charge >= 0.3 is 0 Å². The van der Waals surface area contributed by atoms with Crippen LogP contribution >= 0.6 is 11.3 Å². The maximum Gasteiger partial charge on any atom is 0.191 e. The molecule has 0 spiro atoms. The highest BCUT2D eigenvalue weighted by Crippen LogP contribution is 2.17. The first kappa shape index (κ1) is 14.8. The summed E-state index contributed by atoms with van der Waals surface area (Å²) in [5.41, 5.74) is 1.03. The summed E-state index contributed by atoms with van der Waals surface area (Å²) in [5, 5.41) is 9.65. The predicted octanol–water partition coefficient (Wildman–Crippen LogP) is 1.67. The summed E-state index contributed by atoms with van der Waals surface area (Å²) in [7, 11) is 5.76. The maximum atomic E-state index is 4.51. The van der Waals surface area contributed by atoms with Crippen molar-refractivity contribution in [3.8, 4) is 0 Å². The minimum Gasteiger partial charge on any atom is -0.354 e. The number of nitrogens with zero attached hydrogens (tertiary/aromatic N) is 3. The largest absolute Gasteiger partial charge is 0.354 e. The summed E-state index contributed by atoms with van der Waals surface area (Å²) < 4.78 is 0. The molecule has 1 rings (SSSR count). The SMILES string of the molecule is CN=C(NCc1csc(N(C)C)n1)NC(C)(C)C. The van der Waals surface area contributed by atoms with Gasteiger partial charge in [-0.25, -0.2) is 4.98 Å². The van der Waals surface area contributed by atoms with Crippen molar-refractivity contribution in [3.63, 3.8) is 0 Å². The number of anilines is 1. The Labute approximate surface area is 113 Å². The molecule has 0 amide bonds. The zero-order valence-electron chi connectivity index (χ0n) is 12.0. The number of rotatable bonds is 3. The third kappa shape index (κ3) is 4.91. The van der Waals surface area contributed by atoms with E-state index in [1.807, 2.05) is 19.0 Å². The molecule has 0 unspecified atom stereocenters. The van der Waals surface area contributed by atoms with Crippen LogP contribution in [0.2, 0.25) is 0 Å². The van der Waals surface area contributed by atoms with Crippen LogP contribution in [-0.4, -0.2) is 37.6 Å². The second kappa shape index (κ2) is 6.04. The second-order valence-corrected chi connectivity index (χ2v) is 6.15. The zero-order chi connectivity index (χ0) is 13.8. The van der Waals surface area contributed by atoms with E-state index in [0.717, 1.165) is 16.8 Å². The molecule has 102 valence electrons. The number of guanidine groups is 1. The van der Waals surface area contributed by atoms with E-state index >= 15 is 0 Å².